The van der Waals surface area contributed by atoms with Crippen LogP contribution in [0.2, 0.25) is 0 Å². The molecule has 0 radical (unpaired) electrons. The first kappa shape index (κ1) is 13.6. The molecule has 0 bridgehead atoms. The SMILES string of the molecule is CCCn1ncc(C(=O)NCC2(O)CCC2)c1C1CC1. The van der Waals surface area contributed by atoms with Crippen LogP contribution < -0.4 is 5.32 Å². The topological polar surface area (TPSA) is 67.2 Å². The quantitative estimate of drug-likeness (QED) is 0.833. The van der Waals surface area contributed by atoms with Crippen LogP contribution in [-0.4, -0.2) is 32.9 Å². The van der Waals surface area contributed by atoms with Gasteiger partial charge in [0.25, 0.3) is 5.91 Å². The molecule has 1 heterocycles. The monoisotopic (exact) mass is 277 g/mol. The van der Waals surface area contributed by atoms with Gasteiger partial charge in [0.1, 0.15) is 0 Å². The van der Waals surface area contributed by atoms with Crippen molar-refractivity contribution >= 4 is 5.91 Å². The summed E-state index contributed by atoms with van der Waals surface area (Å²) >= 11 is 0. The Hall–Kier alpha value is -1.36. The molecular formula is C15H23N3O2. The van der Waals surface area contributed by atoms with Gasteiger partial charge in [-0.15, -0.1) is 0 Å². The largest absolute Gasteiger partial charge is 0.388 e. The van der Waals surface area contributed by atoms with Crippen molar-refractivity contribution in [2.75, 3.05) is 6.54 Å². The maximum absolute atomic E-state index is 12.3. The average molecular weight is 277 g/mol. The Morgan fingerprint density at radius 2 is 2.30 bits per heavy atom. The van der Waals surface area contributed by atoms with Gasteiger partial charge < -0.3 is 10.4 Å². The lowest BCUT2D eigenvalue weighted by Crippen LogP contribution is -2.47. The second-order valence-electron chi connectivity index (χ2n) is 6.20. The van der Waals surface area contributed by atoms with E-state index in [1.54, 1.807) is 6.20 Å². The van der Waals surface area contributed by atoms with Crippen LogP contribution in [0.1, 0.15) is 67.4 Å². The maximum Gasteiger partial charge on any atom is 0.254 e. The first-order valence-electron chi connectivity index (χ1n) is 7.69. The van der Waals surface area contributed by atoms with Crippen LogP contribution in [0.25, 0.3) is 0 Å². The van der Waals surface area contributed by atoms with E-state index in [0.29, 0.717) is 18.0 Å². The van der Waals surface area contributed by atoms with Gasteiger partial charge in [-0.25, -0.2) is 0 Å². The van der Waals surface area contributed by atoms with Crippen LogP contribution in [-0.2, 0) is 6.54 Å². The fourth-order valence-corrected chi connectivity index (χ4v) is 2.85. The van der Waals surface area contributed by atoms with Crippen LogP contribution in [0.5, 0.6) is 0 Å². The number of hydrogen-bond donors (Lipinski definition) is 2. The summed E-state index contributed by atoms with van der Waals surface area (Å²) in [4.78, 5) is 12.3. The van der Waals surface area contributed by atoms with Gasteiger partial charge in [0.15, 0.2) is 0 Å². The van der Waals surface area contributed by atoms with E-state index in [4.69, 9.17) is 0 Å². The zero-order valence-electron chi connectivity index (χ0n) is 12.1. The van der Waals surface area contributed by atoms with Gasteiger partial charge in [0.2, 0.25) is 0 Å². The van der Waals surface area contributed by atoms with E-state index in [9.17, 15) is 9.90 Å². The van der Waals surface area contributed by atoms with Gasteiger partial charge in [-0.3, -0.25) is 9.48 Å². The van der Waals surface area contributed by atoms with E-state index in [1.165, 1.54) is 0 Å². The Bertz CT molecular complexity index is 501. The standard InChI is InChI=1S/C15H23N3O2/c1-2-8-18-13(11-4-5-11)12(9-17-18)14(19)16-10-15(20)6-3-7-15/h9,11,20H,2-8,10H2,1H3,(H,16,19). The van der Waals surface area contributed by atoms with E-state index in [2.05, 4.69) is 17.3 Å². The molecule has 2 saturated carbocycles. The predicted molar refractivity (Wildman–Crippen MR) is 75.6 cm³/mol. The summed E-state index contributed by atoms with van der Waals surface area (Å²) < 4.78 is 1.98. The van der Waals surface area contributed by atoms with E-state index in [1.807, 2.05) is 4.68 Å². The Morgan fingerprint density at radius 1 is 1.55 bits per heavy atom. The van der Waals surface area contributed by atoms with Gasteiger partial charge in [-0.1, -0.05) is 6.92 Å². The van der Waals surface area contributed by atoms with Crippen molar-refractivity contribution in [1.29, 1.82) is 0 Å². The van der Waals surface area contributed by atoms with Crippen molar-refractivity contribution in [3.8, 4) is 0 Å². The molecule has 0 spiro atoms. The molecule has 1 amide bonds. The molecule has 2 fully saturated rings. The number of rotatable bonds is 6. The molecule has 2 N–H and O–H groups in total. The first-order valence-corrected chi connectivity index (χ1v) is 7.69. The maximum atomic E-state index is 12.3. The molecule has 3 rings (SSSR count). The second kappa shape index (κ2) is 5.20. The molecule has 0 aliphatic heterocycles. The molecule has 0 aromatic carbocycles. The van der Waals surface area contributed by atoms with Gasteiger partial charge in [0.05, 0.1) is 23.1 Å². The summed E-state index contributed by atoms with van der Waals surface area (Å²) in [6.45, 7) is 3.34. The zero-order valence-corrected chi connectivity index (χ0v) is 12.1. The molecule has 2 aliphatic carbocycles. The van der Waals surface area contributed by atoms with Crippen molar-refractivity contribution in [1.82, 2.24) is 15.1 Å². The summed E-state index contributed by atoms with van der Waals surface area (Å²) in [7, 11) is 0. The highest BCUT2D eigenvalue weighted by atomic mass is 16.3. The molecule has 1 aromatic heterocycles. The molecule has 0 saturated heterocycles. The fraction of sp³-hybridized carbons (Fsp3) is 0.733. The molecule has 5 nitrogen and oxygen atoms in total. The highest BCUT2D eigenvalue weighted by molar-refractivity contribution is 5.95. The second-order valence-corrected chi connectivity index (χ2v) is 6.20. The molecule has 110 valence electrons. The van der Waals surface area contributed by atoms with Crippen LogP contribution >= 0.6 is 0 Å². The molecule has 5 heteroatoms. The average Bonchev–Trinajstić information content (AvgIpc) is 3.15. The lowest BCUT2D eigenvalue weighted by atomic mass is 9.80. The van der Waals surface area contributed by atoms with Crippen molar-refractivity contribution in [3.63, 3.8) is 0 Å². The fourth-order valence-electron chi connectivity index (χ4n) is 2.85. The van der Waals surface area contributed by atoms with Gasteiger partial charge in [-0.05, 0) is 38.5 Å². The van der Waals surface area contributed by atoms with Gasteiger partial charge in [0, 0.05) is 19.0 Å². The lowest BCUT2D eigenvalue weighted by Gasteiger charge is -2.36. The highest BCUT2D eigenvalue weighted by Crippen LogP contribution is 2.41. The van der Waals surface area contributed by atoms with Crippen LogP contribution in [0.4, 0.5) is 0 Å². The molecule has 0 unspecified atom stereocenters. The van der Waals surface area contributed by atoms with Crippen molar-refractivity contribution < 1.29 is 9.90 Å². The number of nitrogens with one attached hydrogen (secondary N) is 1. The normalized spacial score (nSPS) is 20.5. The third-order valence-electron chi connectivity index (χ3n) is 4.39. The van der Waals surface area contributed by atoms with Crippen LogP contribution in [0, 0.1) is 0 Å². The van der Waals surface area contributed by atoms with E-state index in [-0.39, 0.29) is 5.91 Å². The number of aliphatic hydroxyl groups is 1. The van der Waals surface area contributed by atoms with E-state index >= 15 is 0 Å². The first-order chi connectivity index (χ1) is 9.63. The Morgan fingerprint density at radius 3 is 2.85 bits per heavy atom. The number of aromatic nitrogens is 2. The Labute approximate surface area is 119 Å². The number of hydrogen-bond acceptors (Lipinski definition) is 3. The predicted octanol–water partition coefficient (Wildman–Crippen LogP) is 1.82. The number of carbonyl (C=O) groups excluding carboxylic acids is 1. The molecule has 2 aliphatic rings. The van der Waals surface area contributed by atoms with Crippen molar-refractivity contribution in [3.05, 3.63) is 17.5 Å². The lowest BCUT2D eigenvalue weighted by molar-refractivity contribution is -0.0300. The minimum absolute atomic E-state index is 0.0884. The van der Waals surface area contributed by atoms with Gasteiger partial charge >= 0.3 is 0 Å². The number of aryl methyl sites for hydroxylation is 1. The van der Waals surface area contributed by atoms with Crippen molar-refractivity contribution in [2.45, 2.75) is 63.5 Å². The summed E-state index contributed by atoms with van der Waals surface area (Å²) in [5, 5.41) is 17.3. The minimum atomic E-state index is -0.672. The third-order valence-corrected chi connectivity index (χ3v) is 4.39. The zero-order chi connectivity index (χ0) is 14.2. The highest BCUT2D eigenvalue weighted by Gasteiger charge is 2.36. The van der Waals surface area contributed by atoms with Gasteiger partial charge in [-0.2, -0.15) is 5.10 Å². The third kappa shape index (κ3) is 2.59. The summed E-state index contributed by atoms with van der Waals surface area (Å²) in [5.74, 6) is 0.408. The van der Waals surface area contributed by atoms with E-state index < -0.39 is 5.60 Å². The summed E-state index contributed by atoms with van der Waals surface area (Å²) in [5.41, 5.74) is 1.11. The smallest absolute Gasteiger partial charge is 0.254 e. The van der Waals surface area contributed by atoms with E-state index in [0.717, 1.165) is 50.8 Å². The van der Waals surface area contributed by atoms with Crippen LogP contribution in [0.15, 0.2) is 6.20 Å². The number of amides is 1. The Kier molecular flexibility index (Phi) is 3.54. The summed E-state index contributed by atoms with van der Waals surface area (Å²) in [6, 6.07) is 0. The molecule has 20 heavy (non-hydrogen) atoms. The van der Waals surface area contributed by atoms with Crippen LogP contribution in [0.3, 0.4) is 0 Å². The molecule has 0 atom stereocenters. The number of carbonyl (C=O) groups is 1. The molecule has 1 aromatic rings. The van der Waals surface area contributed by atoms with Crippen molar-refractivity contribution in [2.24, 2.45) is 0 Å². The minimum Gasteiger partial charge on any atom is -0.388 e. The number of nitrogens with zero attached hydrogens (tertiary/aromatic N) is 2. The summed E-state index contributed by atoms with van der Waals surface area (Å²) in [6.07, 6.45) is 7.63. The molecular weight excluding hydrogens is 254 g/mol. The Balaban J connectivity index is 1.70.